The molecule has 11 heteroatoms. The first kappa shape index (κ1) is 15.7. The normalized spacial score (nSPS) is 11.8. The number of aromatic nitrogens is 4. The van der Waals surface area contributed by atoms with E-state index in [1.165, 1.54) is 35.2 Å². The zero-order valence-corrected chi connectivity index (χ0v) is 12.9. The third kappa shape index (κ3) is 3.79. The van der Waals surface area contributed by atoms with Gasteiger partial charge in [-0.2, -0.15) is 18.2 Å². The Morgan fingerprint density at radius 1 is 1.26 bits per heavy atom. The first-order chi connectivity index (χ1) is 10.9. The zero-order valence-electron chi connectivity index (χ0n) is 11.2. The van der Waals surface area contributed by atoms with Crippen LogP contribution in [0.3, 0.4) is 0 Å². The Kier molecular flexibility index (Phi) is 4.22. The van der Waals surface area contributed by atoms with E-state index >= 15 is 0 Å². The Morgan fingerprint density at radius 3 is 2.78 bits per heavy atom. The van der Waals surface area contributed by atoms with Gasteiger partial charge in [0.15, 0.2) is 4.34 Å². The van der Waals surface area contributed by atoms with Crippen LogP contribution in [-0.4, -0.2) is 20.3 Å². The van der Waals surface area contributed by atoms with Gasteiger partial charge in [-0.15, -0.1) is 10.2 Å². The van der Waals surface area contributed by atoms with Crippen molar-refractivity contribution in [3.63, 3.8) is 0 Å². The van der Waals surface area contributed by atoms with E-state index < -0.39 is 11.7 Å². The monoisotopic (exact) mass is 359 g/mol. The van der Waals surface area contributed by atoms with Crippen LogP contribution in [0, 0.1) is 0 Å². The molecule has 0 atom stereocenters. The highest BCUT2D eigenvalue weighted by molar-refractivity contribution is 8.00. The molecule has 3 aromatic rings. The summed E-state index contributed by atoms with van der Waals surface area (Å²) in [6.45, 7) is 0. The Balaban J connectivity index is 1.74. The first-order valence-electron chi connectivity index (χ1n) is 6.14. The second-order valence-electron chi connectivity index (χ2n) is 4.29. The van der Waals surface area contributed by atoms with E-state index in [4.69, 9.17) is 10.3 Å². The lowest BCUT2D eigenvalue weighted by atomic mass is 10.1. The number of hydrogen-bond acceptors (Lipinski definition) is 8. The summed E-state index contributed by atoms with van der Waals surface area (Å²) in [4.78, 5) is 4.08. The fourth-order valence-electron chi connectivity index (χ4n) is 1.67. The van der Waals surface area contributed by atoms with E-state index in [1.54, 1.807) is 0 Å². The van der Waals surface area contributed by atoms with Crippen molar-refractivity contribution in [1.29, 1.82) is 0 Å². The predicted molar refractivity (Wildman–Crippen MR) is 78.6 cm³/mol. The van der Waals surface area contributed by atoms with Gasteiger partial charge >= 0.3 is 6.18 Å². The average molecular weight is 359 g/mol. The van der Waals surface area contributed by atoms with E-state index in [2.05, 4.69) is 20.3 Å². The highest BCUT2D eigenvalue weighted by atomic mass is 32.2. The smallest absolute Gasteiger partial charge is 0.374 e. The maximum Gasteiger partial charge on any atom is 0.416 e. The average Bonchev–Trinajstić information content (AvgIpc) is 3.13. The molecule has 0 saturated heterocycles. The van der Waals surface area contributed by atoms with Crippen molar-refractivity contribution in [3.8, 4) is 11.4 Å². The molecule has 0 aliphatic carbocycles. The van der Waals surface area contributed by atoms with Crippen LogP contribution in [0.1, 0.15) is 11.5 Å². The van der Waals surface area contributed by atoms with E-state index in [9.17, 15) is 13.2 Å². The minimum absolute atomic E-state index is 0.100. The molecule has 120 valence electrons. The minimum atomic E-state index is -4.42. The molecule has 2 heterocycles. The van der Waals surface area contributed by atoms with Crippen LogP contribution in [0.15, 0.2) is 33.1 Å². The second-order valence-corrected chi connectivity index (χ2v) is 6.52. The van der Waals surface area contributed by atoms with Gasteiger partial charge in [0.2, 0.25) is 16.8 Å². The van der Waals surface area contributed by atoms with Gasteiger partial charge < -0.3 is 10.3 Å². The third-order valence-corrected chi connectivity index (χ3v) is 4.53. The van der Waals surface area contributed by atoms with E-state index in [1.807, 2.05) is 0 Å². The van der Waals surface area contributed by atoms with Gasteiger partial charge in [0.25, 0.3) is 0 Å². The summed E-state index contributed by atoms with van der Waals surface area (Å²) in [6.07, 6.45) is -4.42. The van der Waals surface area contributed by atoms with Crippen molar-refractivity contribution in [2.24, 2.45) is 0 Å². The highest BCUT2D eigenvalue weighted by Gasteiger charge is 2.30. The molecule has 1 aromatic carbocycles. The van der Waals surface area contributed by atoms with Crippen molar-refractivity contribution in [1.82, 2.24) is 20.3 Å². The van der Waals surface area contributed by atoms with Crippen LogP contribution >= 0.6 is 23.1 Å². The summed E-state index contributed by atoms with van der Waals surface area (Å²) >= 11 is 2.52. The van der Waals surface area contributed by atoms with E-state index in [-0.39, 0.29) is 17.3 Å². The molecule has 0 unspecified atom stereocenters. The maximum atomic E-state index is 12.7. The summed E-state index contributed by atoms with van der Waals surface area (Å²) in [6, 6.07) is 4.75. The summed E-state index contributed by atoms with van der Waals surface area (Å²) in [7, 11) is 0. The summed E-state index contributed by atoms with van der Waals surface area (Å²) < 4.78 is 43.8. The molecule has 0 bridgehead atoms. The quantitative estimate of drug-likeness (QED) is 0.713. The third-order valence-electron chi connectivity index (χ3n) is 2.66. The van der Waals surface area contributed by atoms with Gasteiger partial charge in [-0.05, 0) is 12.1 Å². The van der Waals surface area contributed by atoms with E-state index in [0.717, 1.165) is 12.1 Å². The molecule has 0 spiro atoms. The van der Waals surface area contributed by atoms with Crippen molar-refractivity contribution >= 4 is 28.2 Å². The van der Waals surface area contributed by atoms with Crippen LogP contribution in [0.4, 0.5) is 18.3 Å². The van der Waals surface area contributed by atoms with Crippen LogP contribution in [0.5, 0.6) is 0 Å². The molecule has 6 nitrogen and oxygen atoms in total. The van der Waals surface area contributed by atoms with Gasteiger partial charge in [-0.1, -0.05) is 40.4 Å². The Labute approximate surface area is 135 Å². The number of nitrogens with two attached hydrogens (primary N) is 1. The largest absolute Gasteiger partial charge is 0.416 e. The number of nitrogen functional groups attached to an aromatic ring is 1. The molecule has 0 fully saturated rings. The van der Waals surface area contributed by atoms with E-state index in [0.29, 0.717) is 15.2 Å². The van der Waals surface area contributed by atoms with Crippen molar-refractivity contribution in [2.75, 3.05) is 5.73 Å². The lowest BCUT2D eigenvalue weighted by molar-refractivity contribution is -0.137. The molecule has 2 aromatic heterocycles. The molecular formula is C12H8F3N5OS2. The number of thioether (sulfide) groups is 1. The van der Waals surface area contributed by atoms with Crippen molar-refractivity contribution in [3.05, 3.63) is 35.7 Å². The summed E-state index contributed by atoms with van der Waals surface area (Å²) in [5.74, 6) is 0.695. The van der Waals surface area contributed by atoms with Gasteiger partial charge in [0, 0.05) is 5.56 Å². The molecular weight excluding hydrogens is 351 g/mol. The minimum Gasteiger partial charge on any atom is -0.374 e. The second kappa shape index (κ2) is 6.16. The molecule has 0 radical (unpaired) electrons. The number of benzene rings is 1. The van der Waals surface area contributed by atoms with Crippen LogP contribution in [0.2, 0.25) is 0 Å². The molecule has 0 saturated carbocycles. The first-order valence-corrected chi connectivity index (χ1v) is 7.94. The molecule has 23 heavy (non-hydrogen) atoms. The Morgan fingerprint density at radius 2 is 2.09 bits per heavy atom. The number of halogens is 3. The zero-order chi connectivity index (χ0) is 16.4. The lowest BCUT2D eigenvalue weighted by Crippen LogP contribution is -2.04. The van der Waals surface area contributed by atoms with Gasteiger partial charge in [0.1, 0.15) is 0 Å². The topological polar surface area (TPSA) is 90.7 Å². The molecule has 2 N–H and O–H groups in total. The Hall–Kier alpha value is -2.14. The Bertz CT molecular complexity index is 817. The lowest BCUT2D eigenvalue weighted by Gasteiger charge is -2.06. The number of hydrogen-bond donors (Lipinski definition) is 1. The van der Waals surface area contributed by atoms with Gasteiger partial charge in [0.05, 0.1) is 11.3 Å². The number of anilines is 1. The summed E-state index contributed by atoms with van der Waals surface area (Å²) in [5, 5.41) is 11.5. The number of nitrogens with zero attached hydrogens (tertiary/aromatic N) is 4. The fourth-order valence-corrected chi connectivity index (χ4v) is 3.14. The molecule has 3 rings (SSSR count). The van der Waals surface area contributed by atoms with Crippen LogP contribution in [0.25, 0.3) is 11.4 Å². The maximum absolute atomic E-state index is 12.7. The van der Waals surface area contributed by atoms with Gasteiger partial charge in [-0.3, -0.25) is 0 Å². The van der Waals surface area contributed by atoms with Gasteiger partial charge in [-0.25, -0.2) is 0 Å². The van der Waals surface area contributed by atoms with Crippen molar-refractivity contribution < 1.29 is 17.7 Å². The van der Waals surface area contributed by atoms with Crippen LogP contribution < -0.4 is 5.73 Å². The summed E-state index contributed by atoms with van der Waals surface area (Å²) in [5.41, 5.74) is 4.94. The predicted octanol–water partition coefficient (Wildman–Crippen LogP) is 3.48. The molecule has 0 aliphatic heterocycles. The van der Waals surface area contributed by atoms with Crippen LogP contribution in [-0.2, 0) is 11.9 Å². The number of alkyl halides is 3. The fraction of sp³-hybridized carbons (Fsp3) is 0.167. The molecule has 0 amide bonds. The standard InChI is InChI=1S/C12H8F3N5OS2/c13-12(14,15)7-3-1-2-6(4-7)9-17-8(21-20-9)5-22-11-19-18-10(16)23-11/h1-4H,5H2,(H2,16,18). The van der Waals surface area contributed by atoms with Crippen molar-refractivity contribution in [2.45, 2.75) is 16.3 Å². The SMILES string of the molecule is Nc1nnc(SCc2nc(-c3cccc(C(F)(F)F)c3)no2)s1. The number of rotatable bonds is 4. The molecule has 0 aliphatic rings. The highest BCUT2D eigenvalue weighted by Crippen LogP contribution is 2.32.